The lowest BCUT2D eigenvalue weighted by Crippen LogP contribution is -2.69. The lowest BCUT2D eigenvalue weighted by Gasteiger charge is -2.50. The molecule has 22 rings (SSSR count). The van der Waals surface area contributed by atoms with Crippen LogP contribution in [0.4, 0.5) is 0 Å². The number of aliphatic hydroxyl groups is 17. The van der Waals surface area contributed by atoms with Crippen molar-refractivity contribution in [3.05, 3.63) is 0 Å². The molecule has 33 nitrogen and oxygen atoms in total. The van der Waals surface area contributed by atoms with E-state index in [0.29, 0.717) is 0 Å². The van der Waals surface area contributed by atoms with Gasteiger partial charge in [-0.15, -0.1) is 0 Å². The lowest BCUT2D eigenvalue weighted by molar-refractivity contribution is -0.403. The molecule has 30 atom stereocenters. The van der Waals surface area contributed by atoms with Gasteiger partial charge in [-0.3, -0.25) is 4.18 Å². The first kappa shape index (κ1) is 56.4. The zero-order valence-electron chi connectivity index (χ0n) is 36.1. The van der Waals surface area contributed by atoms with Crippen LogP contribution in [0.3, 0.4) is 0 Å². The van der Waals surface area contributed by atoms with Crippen molar-refractivity contribution in [1.29, 1.82) is 0 Å². The van der Waals surface area contributed by atoms with Crippen molar-refractivity contribution in [2.45, 2.75) is 184 Å². The molecule has 0 aromatic rings. The fourth-order valence-electron chi connectivity index (χ4n) is 9.07. The van der Waals surface area contributed by atoms with E-state index in [-0.39, 0.29) is 0 Å². The smallest absolute Gasteiger partial charge is 0.217 e. The molecule has 0 aromatic carbocycles. The molecule has 34 heteroatoms. The zero-order chi connectivity index (χ0) is 51.3. The third-order valence-corrected chi connectivity index (χ3v) is 13.3. The van der Waals surface area contributed by atoms with Gasteiger partial charge in [-0.05, 0) is 0 Å². The molecule has 0 amide bonds. The molecule has 408 valence electrons. The molecule has 0 aromatic heterocycles. The molecule has 17 N–H and O–H groups in total. The highest BCUT2D eigenvalue weighted by Crippen LogP contribution is 2.38. The zero-order valence-corrected chi connectivity index (χ0v) is 36.9. The van der Waals surface area contributed by atoms with Gasteiger partial charge in [0.1, 0.15) is 146 Å². The molecule has 0 unspecified atom stereocenters. The van der Waals surface area contributed by atoms with Crippen LogP contribution in [-0.4, -0.2) is 324 Å². The van der Waals surface area contributed by atoms with Crippen molar-refractivity contribution < 1.29 is 161 Å². The molecule has 22 heterocycles. The maximum atomic E-state index is 11.5. The van der Waals surface area contributed by atoms with E-state index in [4.69, 9.17) is 56.8 Å². The minimum atomic E-state index is -5.56. The SMILES string of the molecule is O=S(=O)([O-])OC[C@H]1O[C@@H]2O[C@H]3[C@H](O)[C@@H](O)[C@@H](O[C@H]4[C@H](O)[C@@H](O)[C@@H](O[C@H]5[C@H](O)[C@@H](O)[C@@H](O[C@H]6[C@H](O)[C@@H](O)[C@@H](O[C@H]7[C@H](O)[C@@H](O)[C@@H](O[C@H]1[C@H](O)[C@H]2O)O[C@@H]7CO)O[C@@H]6CO)O[C@@H]5CO)O[C@@H]4CO)O[C@@H]3CO. The molecule has 70 heavy (non-hydrogen) atoms. The van der Waals surface area contributed by atoms with E-state index in [2.05, 4.69) is 4.18 Å². The largest absolute Gasteiger partial charge is 0.726 e. The monoisotopic (exact) mass is 1050 g/mol. The van der Waals surface area contributed by atoms with Gasteiger partial charge in [-0.2, -0.15) is 0 Å². The first-order valence-electron chi connectivity index (χ1n) is 21.7. The minimum absolute atomic E-state index is 1.03. The Bertz CT molecular complexity index is 1760. The number of ether oxygens (including phenoxy) is 12. The maximum Gasteiger partial charge on any atom is 0.217 e. The van der Waals surface area contributed by atoms with Crippen LogP contribution < -0.4 is 0 Å². The van der Waals surface area contributed by atoms with E-state index >= 15 is 0 Å². The molecule has 22 aliphatic rings. The Morgan fingerprint density at radius 1 is 0.300 bits per heavy atom. The number of rotatable bonds is 8. The average Bonchev–Trinajstić information content (AvgIpc) is 3.33. The van der Waals surface area contributed by atoms with E-state index in [1.807, 2.05) is 0 Å². The molecule has 0 spiro atoms. The van der Waals surface area contributed by atoms with Crippen LogP contribution in [0.15, 0.2) is 0 Å². The maximum absolute atomic E-state index is 11.5. The highest BCUT2D eigenvalue weighted by Gasteiger charge is 2.58. The quantitative estimate of drug-likeness (QED) is 0.0793. The van der Waals surface area contributed by atoms with E-state index in [1.54, 1.807) is 0 Å². The molecular weight excluding hydrogens is 992 g/mol. The first-order valence-corrected chi connectivity index (χ1v) is 23.1. The second-order valence-electron chi connectivity index (χ2n) is 17.4. The molecule has 0 radical (unpaired) electrons. The molecular formula is C36H59O33S-. The molecule has 22 fully saturated rings. The van der Waals surface area contributed by atoms with Gasteiger partial charge in [0.25, 0.3) is 0 Å². The van der Waals surface area contributed by atoms with Crippen LogP contribution in [0.1, 0.15) is 0 Å². The second-order valence-corrected chi connectivity index (χ2v) is 18.4. The van der Waals surface area contributed by atoms with Gasteiger partial charge in [0.05, 0.1) is 39.6 Å². The Morgan fingerprint density at radius 3 is 0.643 bits per heavy atom. The summed E-state index contributed by atoms with van der Waals surface area (Å²) in [6.07, 6.45) is -61.9. The lowest BCUT2D eigenvalue weighted by atomic mass is 9.94. The third-order valence-electron chi connectivity index (χ3n) is 12.9. The molecule has 0 aliphatic carbocycles. The summed E-state index contributed by atoms with van der Waals surface area (Å²) < 4.78 is 106. The van der Waals surface area contributed by atoms with Crippen molar-refractivity contribution >= 4 is 10.4 Å². The van der Waals surface area contributed by atoms with Crippen LogP contribution in [0.25, 0.3) is 0 Å². The van der Waals surface area contributed by atoms with Gasteiger partial charge < -0.3 is 148 Å². The van der Waals surface area contributed by atoms with Crippen molar-refractivity contribution in [2.75, 3.05) is 39.6 Å². The standard InChI is InChI=1S/C36H60O33S/c37-1-7-25-13(42)19(48)31(58-7)65-26-8(2-38)60-33(21(50)15(26)44)67-28-10(4-40)62-35(23(52)17(28)46)69-30-12(6-57-70(54,55)56)63-36(24(53)18(30)47)68-29-11(5-41)61-34(22(51)16(29)45)66-27-9(3-39)59-32(64-25)20(49)14(27)43/h7-53H,1-6H2,(H,54,55,56)/p-1/t7-,8-,9-,10-,11-,12-,13-,14-,15-,16-,17-,18-,19-,20-,21-,22-,23-,24-,25-,26-,27-,28-,29-,30-,31-,32-,33-,34-,35-,36-/m1/s1. The third kappa shape index (κ3) is 11.4. The Balaban J connectivity index is 1.21. The van der Waals surface area contributed by atoms with Gasteiger partial charge in [-0.1, -0.05) is 0 Å². The van der Waals surface area contributed by atoms with Crippen LogP contribution in [0.5, 0.6) is 0 Å². The number of hydrogen-bond acceptors (Lipinski definition) is 33. The Hall–Kier alpha value is -1.29. The highest BCUT2D eigenvalue weighted by molar-refractivity contribution is 7.80. The predicted octanol–water partition coefficient (Wildman–Crippen LogP) is -13.6. The fraction of sp³-hybridized carbons (Fsp3) is 1.00. The summed E-state index contributed by atoms with van der Waals surface area (Å²) in [6, 6.07) is 0. The van der Waals surface area contributed by atoms with E-state index in [0.717, 1.165) is 0 Å². The fourth-order valence-corrected chi connectivity index (χ4v) is 9.37. The van der Waals surface area contributed by atoms with Crippen LogP contribution in [0.2, 0.25) is 0 Å². The highest BCUT2D eigenvalue weighted by atomic mass is 32.3. The van der Waals surface area contributed by atoms with E-state index in [9.17, 15) is 99.8 Å². The van der Waals surface area contributed by atoms with Crippen molar-refractivity contribution in [3.8, 4) is 0 Å². The van der Waals surface area contributed by atoms with Gasteiger partial charge >= 0.3 is 0 Å². The Morgan fingerprint density at radius 2 is 0.471 bits per heavy atom. The van der Waals surface area contributed by atoms with Crippen LogP contribution in [0, 0.1) is 0 Å². The molecule has 12 bridgehead atoms. The Labute approximate surface area is 394 Å². The summed E-state index contributed by atoms with van der Waals surface area (Å²) in [5.41, 5.74) is 0. The van der Waals surface area contributed by atoms with Gasteiger partial charge in [0.2, 0.25) is 10.4 Å². The predicted molar refractivity (Wildman–Crippen MR) is 204 cm³/mol. The summed E-state index contributed by atoms with van der Waals surface area (Å²) in [6.45, 7) is -6.66. The first-order chi connectivity index (χ1) is 33.1. The number of hydrogen-bond donors (Lipinski definition) is 17. The summed E-state index contributed by atoms with van der Waals surface area (Å²) in [7, 11) is -5.56. The minimum Gasteiger partial charge on any atom is -0.726 e. The molecule has 22 saturated heterocycles. The van der Waals surface area contributed by atoms with Crippen LogP contribution in [-0.2, 0) is 71.4 Å². The summed E-state index contributed by atoms with van der Waals surface area (Å²) in [5, 5.41) is 186. The van der Waals surface area contributed by atoms with E-state index in [1.165, 1.54) is 0 Å². The van der Waals surface area contributed by atoms with Gasteiger partial charge in [0.15, 0.2) is 37.7 Å². The van der Waals surface area contributed by atoms with E-state index < -0.39 is 234 Å². The van der Waals surface area contributed by atoms with Crippen molar-refractivity contribution in [2.24, 2.45) is 0 Å². The topological polar surface area (TPSA) is 521 Å². The second kappa shape index (κ2) is 23.3. The van der Waals surface area contributed by atoms with Gasteiger partial charge in [-0.25, -0.2) is 8.42 Å². The number of aliphatic hydroxyl groups excluding tert-OH is 17. The molecule has 0 saturated carbocycles. The summed E-state index contributed by atoms with van der Waals surface area (Å²) >= 11 is 0. The van der Waals surface area contributed by atoms with Crippen molar-refractivity contribution in [1.82, 2.24) is 0 Å². The average molecular weight is 1050 g/mol. The summed E-state index contributed by atoms with van der Waals surface area (Å²) in [5.74, 6) is 0. The Kier molecular flexibility index (Phi) is 18.8. The van der Waals surface area contributed by atoms with Crippen molar-refractivity contribution in [3.63, 3.8) is 0 Å². The van der Waals surface area contributed by atoms with Crippen LogP contribution >= 0.6 is 0 Å². The van der Waals surface area contributed by atoms with Gasteiger partial charge in [0, 0.05) is 0 Å². The summed E-state index contributed by atoms with van der Waals surface area (Å²) in [4.78, 5) is 0. The normalized spacial score (nSPS) is 53.1. The molecule has 22 aliphatic heterocycles.